The molecule has 0 radical (unpaired) electrons. The van der Waals surface area contributed by atoms with Crippen molar-refractivity contribution in [2.24, 2.45) is 5.92 Å². The van der Waals surface area contributed by atoms with Crippen LogP contribution in [0.4, 0.5) is 5.69 Å². The lowest BCUT2D eigenvalue weighted by Gasteiger charge is -2.22. The van der Waals surface area contributed by atoms with Crippen molar-refractivity contribution in [3.63, 3.8) is 0 Å². The Balaban J connectivity index is 2.15. The molecule has 27 heavy (non-hydrogen) atoms. The topological polar surface area (TPSA) is 92.1 Å². The van der Waals surface area contributed by atoms with Crippen molar-refractivity contribution in [2.45, 2.75) is 53.0 Å². The first-order valence-electron chi connectivity index (χ1n) is 9.42. The van der Waals surface area contributed by atoms with Crippen LogP contribution in [0.3, 0.4) is 0 Å². The number of non-ortho nitro benzene ring substituents is 1. The van der Waals surface area contributed by atoms with Crippen LogP contribution < -0.4 is 0 Å². The molecule has 1 atom stereocenters. The fourth-order valence-electron chi connectivity index (χ4n) is 3.21. The number of carbonyl (C=O) groups excluding carboxylic acids is 1. The number of nitrogens with one attached hydrogen (secondary N) is 1. The molecule has 1 aromatic carbocycles. The minimum atomic E-state index is -0.417. The summed E-state index contributed by atoms with van der Waals surface area (Å²) in [7, 11) is 1.79. The van der Waals surface area contributed by atoms with Crippen LogP contribution in [0.25, 0.3) is 11.3 Å². The van der Waals surface area contributed by atoms with Crippen molar-refractivity contribution in [1.82, 2.24) is 14.9 Å². The van der Waals surface area contributed by atoms with Gasteiger partial charge >= 0.3 is 0 Å². The molecule has 0 spiro atoms. The van der Waals surface area contributed by atoms with Crippen LogP contribution in [0.15, 0.2) is 24.3 Å². The van der Waals surface area contributed by atoms with E-state index in [4.69, 9.17) is 0 Å². The van der Waals surface area contributed by atoms with Gasteiger partial charge in [0.1, 0.15) is 5.82 Å². The van der Waals surface area contributed by atoms with E-state index < -0.39 is 4.92 Å². The molecule has 0 saturated carbocycles. The number of nitro groups is 1. The van der Waals surface area contributed by atoms with Gasteiger partial charge in [0, 0.05) is 36.4 Å². The normalized spacial score (nSPS) is 12.0. The third-order valence-electron chi connectivity index (χ3n) is 4.78. The highest BCUT2D eigenvalue weighted by molar-refractivity contribution is 5.78. The number of aromatic nitrogens is 2. The average molecular weight is 372 g/mol. The maximum Gasteiger partial charge on any atom is 0.270 e. The zero-order chi connectivity index (χ0) is 20.0. The lowest BCUT2D eigenvalue weighted by molar-refractivity contribution is -0.384. The Bertz CT molecular complexity index is 800. The van der Waals surface area contributed by atoms with Gasteiger partial charge < -0.3 is 9.88 Å². The molecule has 1 N–H and O–H groups in total. The van der Waals surface area contributed by atoms with E-state index in [0.717, 1.165) is 31.4 Å². The summed E-state index contributed by atoms with van der Waals surface area (Å²) in [6.45, 7) is 6.44. The number of hydrogen-bond donors (Lipinski definition) is 1. The number of amides is 1. The summed E-state index contributed by atoms with van der Waals surface area (Å²) in [6, 6.07) is 6.42. The molecule has 0 bridgehead atoms. The van der Waals surface area contributed by atoms with Gasteiger partial charge in [-0.25, -0.2) is 4.98 Å². The molecule has 7 heteroatoms. The summed E-state index contributed by atoms with van der Waals surface area (Å²) in [5, 5.41) is 11.0. The van der Waals surface area contributed by atoms with Crippen molar-refractivity contribution < 1.29 is 9.72 Å². The minimum absolute atomic E-state index is 0.0328. The molecule has 0 aliphatic heterocycles. The van der Waals surface area contributed by atoms with Crippen LogP contribution in [-0.4, -0.2) is 32.7 Å². The standard InChI is InChI=1S/C20H28N4O3/c1-5-7-9-15(6-2)20(25)23(4)13-18-21-14(3)19(22-18)16-10-8-11-17(12-16)24(26)27/h8,10-12,15H,5-7,9,13H2,1-4H3,(H,21,22). The lowest BCUT2D eigenvalue weighted by atomic mass is 9.98. The van der Waals surface area contributed by atoms with Gasteiger partial charge in [0.05, 0.1) is 17.2 Å². The Kier molecular flexibility index (Phi) is 7.10. The highest BCUT2D eigenvalue weighted by Crippen LogP contribution is 2.25. The van der Waals surface area contributed by atoms with Gasteiger partial charge in [0.25, 0.3) is 5.69 Å². The average Bonchev–Trinajstić information content (AvgIpc) is 3.02. The van der Waals surface area contributed by atoms with Crippen LogP contribution in [0.2, 0.25) is 0 Å². The second-order valence-electron chi connectivity index (χ2n) is 6.91. The molecule has 2 rings (SSSR count). The molecular formula is C20H28N4O3. The van der Waals surface area contributed by atoms with Gasteiger partial charge in [0.2, 0.25) is 5.91 Å². The van der Waals surface area contributed by atoms with E-state index in [1.807, 2.05) is 13.8 Å². The first kappa shape index (κ1) is 20.6. The van der Waals surface area contributed by atoms with Crippen LogP contribution in [-0.2, 0) is 11.3 Å². The molecule has 0 aliphatic carbocycles. The van der Waals surface area contributed by atoms with E-state index in [9.17, 15) is 14.9 Å². The molecule has 1 unspecified atom stereocenters. The van der Waals surface area contributed by atoms with Gasteiger partial charge in [-0.05, 0) is 19.8 Å². The molecule has 7 nitrogen and oxygen atoms in total. The Labute approximate surface area is 160 Å². The van der Waals surface area contributed by atoms with E-state index in [0.29, 0.717) is 23.6 Å². The number of benzene rings is 1. The predicted molar refractivity (Wildman–Crippen MR) is 105 cm³/mol. The number of carbonyl (C=O) groups is 1. The number of rotatable bonds is 9. The molecule has 0 saturated heterocycles. The third-order valence-corrected chi connectivity index (χ3v) is 4.78. The monoisotopic (exact) mass is 372 g/mol. The molecule has 0 aliphatic rings. The van der Waals surface area contributed by atoms with Gasteiger partial charge in [-0.2, -0.15) is 0 Å². The second-order valence-corrected chi connectivity index (χ2v) is 6.91. The molecule has 146 valence electrons. The maximum atomic E-state index is 12.7. The lowest BCUT2D eigenvalue weighted by Crippen LogP contribution is -2.32. The van der Waals surface area contributed by atoms with Crippen LogP contribution in [0.1, 0.15) is 51.0 Å². The third kappa shape index (κ3) is 5.15. The summed E-state index contributed by atoms with van der Waals surface area (Å²) < 4.78 is 0. The van der Waals surface area contributed by atoms with Crippen LogP contribution >= 0.6 is 0 Å². The van der Waals surface area contributed by atoms with Gasteiger partial charge in [-0.3, -0.25) is 14.9 Å². The zero-order valence-electron chi connectivity index (χ0n) is 16.5. The first-order chi connectivity index (χ1) is 12.9. The molecule has 1 aromatic heterocycles. The quantitative estimate of drug-likeness (QED) is 0.519. The van der Waals surface area contributed by atoms with E-state index >= 15 is 0 Å². The minimum Gasteiger partial charge on any atom is -0.344 e. The first-order valence-corrected chi connectivity index (χ1v) is 9.42. The fourth-order valence-corrected chi connectivity index (χ4v) is 3.21. The molecule has 1 heterocycles. The van der Waals surface area contributed by atoms with Crippen molar-refractivity contribution >= 4 is 11.6 Å². The maximum absolute atomic E-state index is 12.7. The van der Waals surface area contributed by atoms with Crippen molar-refractivity contribution in [1.29, 1.82) is 0 Å². The van der Waals surface area contributed by atoms with Gasteiger partial charge in [-0.15, -0.1) is 0 Å². The summed E-state index contributed by atoms with van der Waals surface area (Å²) >= 11 is 0. The van der Waals surface area contributed by atoms with E-state index in [2.05, 4.69) is 16.9 Å². The molecule has 2 aromatic rings. The van der Waals surface area contributed by atoms with Crippen molar-refractivity contribution in [3.8, 4) is 11.3 Å². The van der Waals surface area contributed by atoms with E-state index in [-0.39, 0.29) is 17.5 Å². The van der Waals surface area contributed by atoms with Crippen molar-refractivity contribution in [2.75, 3.05) is 7.05 Å². The number of hydrogen-bond acceptors (Lipinski definition) is 4. The Hall–Kier alpha value is -2.70. The number of aromatic amines is 1. The fraction of sp³-hybridized carbons (Fsp3) is 0.500. The number of imidazole rings is 1. The van der Waals surface area contributed by atoms with Gasteiger partial charge in [-0.1, -0.05) is 38.8 Å². The number of H-pyrrole nitrogens is 1. The molecule has 1 amide bonds. The summed E-state index contributed by atoms with van der Waals surface area (Å²) in [4.78, 5) is 32.7. The molecular weight excluding hydrogens is 344 g/mol. The largest absolute Gasteiger partial charge is 0.344 e. The SMILES string of the molecule is CCCCC(CC)C(=O)N(C)Cc1nc(-c2cccc([N+](=O)[O-])c2)c(C)[nH]1. The number of aryl methyl sites for hydroxylation is 1. The Morgan fingerprint density at radius 1 is 1.37 bits per heavy atom. The molecule has 0 fully saturated rings. The predicted octanol–water partition coefficient (Wildman–Crippen LogP) is 4.47. The second kappa shape index (κ2) is 9.30. The smallest absolute Gasteiger partial charge is 0.270 e. The Morgan fingerprint density at radius 3 is 2.74 bits per heavy atom. The number of nitrogens with zero attached hydrogens (tertiary/aromatic N) is 3. The van der Waals surface area contributed by atoms with Crippen LogP contribution in [0.5, 0.6) is 0 Å². The number of unbranched alkanes of at least 4 members (excludes halogenated alkanes) is 1. The highest BCUT2D eigenvalue weighted by atomic mass is 16.6. The zero-order valence-corrected chi connectivity index (χ0v) is 16.5. The van der Waals surface area contributed by atoms with Crippen molar-refractivity contribution in [3.05, 3.63) is 45.9 Å². The number of nitro benzene ring substituents is 1. The summed E-state index contributed by atoms with van der Waals surface area (Å²) in [5.74, 6) is 0.856. The van der Waals surface area contributed by atoms with Crippen LogP contribution in [0, 0.1) is 23.0 Å². The summed E-state index contributed by atoms with van der Waals surface area (Å²) in [5.41, 5.74) is 2.22. The van der Waals surface area contributed by atoms with E-state index in [1.54, 1.807) is 24.1 Å². The van der Waals surface area contributed by atoms with Gasteiger partial charge in [0.15, 0.2) is 0 Å². The van der Waals surface area contributed by atoms with E-state index in [1.165, 1.54) is 12.1 Å². The summed E-state index contributed by atoms with van der Waals surface area (Å²) in [6.07, 6.45) is 3.87. The Morgan fingerprint density at radius 2 is 2.11 bits per heavy atom. The highest BCUT2D eigenvalue weighted by Gasteiger charge is 2.21.